The molecule has 2 amide bonds. The molecule has 31 heavy (non-hydrogen) atoms. The molecule has 6 nitrogen and oxygen atoms in total. The van der Waals surface area contributed by atoms with Gasteiger partial charge in [0.2, 0.25) is 0 Å². The van der Waals surface area contributed by atoms with Crippen molar-refractivity contribution in [2.45, 2.75) is 50.2 Å². The Kier molecular flexibility index (Phi) is 4.98. The molecule has 4 heterocycles. The summed E-state index contributed by atoms with van der Waals surface area (Å²) in [5.41, 5.74) is 1.66. The number of amides is 2. The van der Waals surface area contributed by atoms with Crippen LogP contribution in [0.5, 0.6) is 0 Å². The molecule has 2 aromatic rings. The van der Waals surface area contributed by atoms with E-state index < -0.39 is 12.1 Å². The second kappa shape index (κ2) is 7.69. The highest BCUT2D eigenvalue weighted by atomic mass is 19.4. The van der Waals surface area contributed by atoms with E-state index in [-0.39, 0.29) is 31.0 Å². The summed E-state index contributed by atoms with van der Waals surface area (Å²) in [6, 6.07) is 6.97. The van der Waals surface area contributed by atoms with Crippen molar-refractivity contribution in [3.05, 3.63) is 42.2 Å². The number of fused-ring (bicyclic) bond motifs is 3. The van der Waals surface area contributed by atoms with Crippen LogP contribution in [0.4, 0.5) is 35.3 Å². The smallest absolute Gasteiger partial charge is 0.356 e. The maximum atomic E-state index is 13.3. The summed E-state index contributed by atoms with van der Waals surface area (Å²) in [7, 11) is 0. The fourth-order valence-electron chi connectivity index (χ4n) is 5.20. The molecule has 3 aliphatic rings. The van der Waals surface area contributed by atoms with E-state index in [0.717, 1.165) is 24.8 Å². The summed E-state index contributed by atoms with van der Waals surface area (Å²) in [5.74, 6) is -0.0342. The molecule has 1 saturated heterocycles. The summed E-state index contributed by atoms with van der Waals surface area (Å²) < 4.78 is 39.8. The van der Waals surface area contributed by atoms with Crippen LogP contribution >= 0.6 is 0 Å². The fraction of sp³-hybridized carbons (Fsp3) is 0.500. The van der Waals surface area contributed by atoms with Gasteiger partial charge in [-0.05, 0) is 43.9 Å². The maximum Gasteiger partial charge on any atom is 0.393 e. The molecule has 1 N–H and O–H groups in total. The summed E-state index contributed by atoms with van der Waals surface area (Å²) in [4.78, 5) is 25.3. The number of urea groups is 1. The van der Waals surface area contributed by atoms with Gasteiger partial charge in [0.15, 0.2) is 0 Å². The third-order valence-electron chi connectivity index (χ3n) is 6.69. The van der Waals surface area contributed by atoms with E-state index in [4.69, 9.17) is 4.98 Å². The largest absolute Gasteiger partial charge is 0.393 e. The quantitative estimate of drug-likeness (QED) is 0.732. The van der Waals surface area contributed by atoms with Gasteiger partial charge >= 0.3 is 12.2 Å². The molecular weight excluding hydrogens is 407 g/mol. The molecule has 9 heteroatoms. The van der Waals surface area contributed by atoms with Crippen molar-refractivity contribution in [3.63, 3.8) is 0 Å². The van der Waals surface area contributed by atoms with Gasteiger partial charge in [-0.3, -0.25) is 9.88 Å². The summed E-state index contributed by atoms with van der Waals surface area (Å²) in [5, 5.41) is 2.91. The number of pyridine rings is 2. The molecule has 5 rings (SSSR count). The Morgan fingerprint density at radius 1 is 1.06 bits per heavy atom. The van der Waals surface area contributed by atoms with Gasteiger partial charge in [0.25, 0.3) is 0 Å². The molecule has 2 aromatic heterocycles. The molecule has 2 fully saturated rings. The number of aromatic nitrogens is 2. The second-order valence-corrected chi connectivity index (χ2v) is 8.55. The molecule has 1 aliphatic carbocycles. The van der Waals surface area contributed by atoms with Crippen molar-refractivity contribution < 1.29 is 18.0 Å². The van der Waals surface area contributed by atoms with Crippen molar-refractivity contribution in [1.29, 1.82) is 0 Å². The first-order chi connectivity index (χ1) is 14.9. The number of anilines is 3. The van der Waals surface area contributed by atoms with E-state index >= 15 is 0 Å². The second-order valence-electron chi connectivity index (χ2n) is 8.55. The number of carbonyl (C=O) groups excluding carboxylic acids is 1. The van der Waals surface area contributed by atoms with E-state index in [1.165, 1.54) is 0 Å². The lowest BCUT2D eigenvalue weighted by Crippen LogP contribution is -2.43. The number of rotatable bonds is 2. The lowest BCUT2D eigenvalue weighted by atomic mass is 9.97. The molecule has 2 aliphatic heterocycles. The zero-order valence-electron chi connectivity index (χ0n) is 17.0. The van der Waals surface area contributed by atoms with Gasteiger partial charge in [0, 0.05) is 48.7 Å². The number of nitrogens with zero attached hydrogens (tertiary/aromatic N) is 4. The summed E-state index contributed by atoms with van der Waals surface area (Å²) in [6.45, 7) is 0.444. The Bertz CT molecular complexity index is 967. The molecule has 164 valence electrons. The third kappa shape index (κ3) is 3.70. The minimum absolute atomic E-state index is 0.0314. The first-order valence-corrected chi connectivity index (χ1v) is 10.7. The van der Waals surface area contributed by atoms with Crippen LogP contribution in [0.1, 0.15) is 43.6 Å². The van der Waals surface area contributed by atoms with Crippen molar-refractivity contribution in [2.75, 3.05) is 28.2 Å². The van der Waals surface area contributed by atoms with Crippen LogP contribution in [0.2, 0.25) is 0 Å². The number of halogens is 3. The Morgan fingerprint density at radius 2 is 1.87 bits per heavy atom. The molecule has 3 unspecified atom stereocenters. The molecule has 0 spiro atoms. The van der Waals surface area contributed by atoms with Gasteiger partial charge in [-0.15, -0.1) is 0 Å². The first kappa shape index (κ1) is 20.1. The number of carbonyl (C=O) groups is 1. The average molecular weight is 431 g/mol. The van der Waals surface area contributed by atoms with Crippen molar-refractivity contribution in [2.24, 2.45) is 5.92 Å². The predicted octanol–water partition coefficient (Wildman–Crippen LogP) is 4.94. The predicted molar refractivity (Wildman–Crippen MR) is 111 cm³/mol. The molecule has 1 saturated carbocycles. The minimum atomic E-state index is -4.21. The normalized spacial score (nSPS) is 25.3. The summed E-state index contributed by atoms with van der Waals surface area (Å²) >= 11 is 0. The minimum Gasteiger partial charge on any atom is -0.356 e. The van der Waals surface area contributed by atoms with Crippen molar-refractivity contribution in [3.8, 4) is 0 Å². The molecule has 0 radical (unpaired) electrons. The Balaban J connectivity index is 1.44. The fourth-order valence-corrected chi connectivity index (χ4v) is 5.20. The van der Waals surface area contributed by atoms with Crippen LogP contribution in [0.15, 0.2) is 36.7 Å². The highest BCUT2D eigenvalue weighted by Gasteiger charge is 2.46. The summed E-state index contributed by atoms with van der Waals surface area (Å²) in [6.07, 6.45) is 2.54. The molecule has 0 aromatic carbocycles. The van der Waals surface area contributed by atoms with Gasteiger partial charge in [0.1, 0.15) is 11.6 Å². The average Bonchev–Trinajstić information content (AvgIpc) is 3.34. The maximum absolute atomic E-state index is 13.3. The lowest BCUT2D eigenvalue weighted by Gasteiger charge is -2.35. The molecular formula is C22H24F3N5O. The van der Waals surface area contributed by atoms with Gasteiger partial charge in [-0.25, -0.2) is 9.78 Å². The van der Waals surface area contributed by atoms with Crippen LogP contribution in [0, 0.1) is 5.92 Å². The zero-order valence-corrected chi connectivity index (χ0v) is 17.0. The number of hydrogen-bond acceptors (Lipinski definition) is 4. The monoisotopic (exact) mass is 431 g/mol. The highest BCUT2D eigenvalue weighted by Crippen LogP contribution is 2.49. The first-order valence-electron chi connectivity index (χ1n) is 10.7. The van der Waals surface area contributed by atoms with Crippen molar-refractivity contribution >= 4 is 23.4 Å². The highest BCUT2D eigenvalue weighted by molar-refractivity contribution is 6.03. The Hall–Kier alpha value is -2.84. The van der Waals surface area contributed by atoms with E-state index in [1.54, 1.807) is 34.3 Å². The van der Waals surface area contributed by atoms with Crippen LogP contribution < -0.4 is 15.1 Å². The van der Waals surface area contributed by atoms with Crippen LogP contribution in [0.3, 0.4) is 0 Å². The van der Waals surface area contributed by atoms with Crippen molar-refractivity contribution in [1.82, 2.24) is 9.97 Å². The topological polar surface area (TPSA) is 61.4 Å². The Morgan fingerprint density at radius 3 is 2.65 bits per heavy atom. The van der Waals surface area contributed by atoms with Gasteiger partial charge in [-0.1, -0.05) is 12.5 Å². The standard InChI is InChI=1S/C22H24F3N5O/c23-22(24,25)14-3-2-12-29(13-14)19-7-6-17-16-4-1-5-18(16)30(20(17)28-19)21(31)27-15-8-10-26-11-9-15/h6-11,14,16,18H,1-5,12-13H2,(H,26,27,31). The van der Waals surface area contributed by atoms with E-state index in [1.807, 2.05) is 12.1 Å². The number of alkyl halides is 3. The number of hydrogen-bond donors (Lipinski definition) is 1. The van der Waals surface area contributed by atoms with Gasteiger partial charge < -0.3 is 10.2 Å². The molecule has 3 atom stereocenters. The van der Waals surface area contributed by atoms with Crippen LogP contribution in [-0.2, 0) is 0 Å². The van der Waals surface area contributed by atoms with E-state index in [2.05, 4.69) is 10.3 Å². The zero-order chi connectivity index (χ0) is 21.6. The lowest BCUT2D eigenvalue weighted by molar-refractivity contribution is -0.176. The Labute approximate surface area is 178 Å². The van der Waals surface area contributed by atoms with E-state index in [9.17, 15) is 18.0 Å². The number of nitrogens with one attached hydrogen (secondary N) is 1. The van der Waals surface area contributed by atoms with Gasteiger partial charge in [0.05, 0.1) is 5.92 Å². The van der Waals surface area contributed by atoms with Gasteiger partial charge in [-0.2, -0.15) is 13.2 Å². The van der Waals surface area contributed by atoms with Crippen LogP contribution in [-0.4, -0.2) is 41.3 Å². The van der Waals surface area contributed by atoms with Crippen LogP contribution in [0.25, 0.3) is 0 Å². The SMILES string of the molecule is O=C(Nc1ccncc1)N1c2nc(N3CCCC(C(F)(F)F)C3)ccc2C2CCCC21. The molecule has 0 bridgehead atoms. The third-order valence-corrected chi connectivity index (χ3v) is 6.69. The van der Waals surface area contributed by atoms with E-state index in [0.29, 0.717) is 30.3 Å². The number of piperidine rings is 1.